The quantitative estimate of drug-likeness (QED) is 0.900. The topological polar surface area (TPSA) is 43.8 Å². The van der Waals surface area contributed by atoms with Crippen LogP contribution in [0.1, 0.15) is 24.0 Å². The molecule has 2 fully saturated rings. The predicted molar refractivity (Wildman–Crippen MR) is 102 cm³/mol. The monoisotopic (exact) mass is 370 g/mol. The van der Waals surface area contributed by atoms with Crippen molar-refractivity contribution in [1.29, 1.82) is 0 Å². The molecule has 2 saturated heterocycles. The third-order valence-corrected chi connectivity index (χ3v) is 6.03. The number of rotatable bonds is 4. The minimum Gasteiger partial charge on any atom is -0.394 e. The first-order chi connectivity index (χ1) is 12.5. The number of nitrogens with zero attached hydrogens (tertiary/aromatic N) is 2. The van der Waals surface area contributed by atoms with E-state index in [4.69, 9.17) is 11.6 Å². The maximum Gasteiger partial charge on any atom is 0.220 e. The van der Waals surface area contributed by atoms with E-state index in [1.807, 2.05) is 47.4 Å². The molecular weight excluding hydrogens is 348 g/mol. The van der Waals surface area contributed by atoms with Crippen LogP contribution in [0.25, 0.3) is 0 Å². The van der Waals surface area contributed by atoms with E-state index in [1.54, 1.807) is 6.92 Å². The highest BCUT2D eigenvalue weighted by atomic mass is 35.5. The average molecular weight is 371 g/mol. The highest BCUT2D eigenvalue weighted by Gasteiger charge is 2.66. The molecule has 4 nitrogen and oxygen atoms in total. The van der Waals surface area contributed by atoms with Crippen molar-refractivity contribution < 1.29 is 9.90 Å². The molecule has 1 N–H and O–H groups in total. The fourth-order valence-electron chi connectivity index (χ4n) is 4.87. The molecule has 0 aromatic heterocycles. The van der Waals surface area contributed by atoms with E-state index in [0.717, 1.165) is 24.7 Å². The van der Waals surface area contributed by atoms with Crippen LogP contribution in [-0.4, -0.2) is 52.1 Å². The van der Waals surface area contributed by atoms with Gasteiger partial charge in [-0.15, -0.1) is 0 Å². The van der Waals surface area contributed by atoms with Crippen LogP contribution < -0.4 is 0 Å². The van der Waals surface area contributed by atoms with Gasteiger partial charge in [-0.2, -0.15) is 0 Å². The number of benzene rings is 2. The zero-order valence-corrected chi connectivity index (χ0v) is 15.6. The van der Waals surface area contributed by atoms with E-state index in [1.165, 1.54) is 11.1 Å². The summed E-state index contributed by atoms with van der Waals surface area (Å²) in [5.74, 6) is 0.224. The maximum absolute atomic E-state index is 12.3. The van der Waals surface area contributed by atoms with E-state index in [-0.39, 0.29) is 30.0 Å². The van der Waals surface area contributed by atoms with E-state index in [2.05, 4.69) is 17.0 Å². The second-order valence-corrected chi connectivity index (χ2v) is 7.84. The van der Waals surface area contributed by atoms with Crippen LogP contribution in [0.5, 0.6) is 0 Å². The second kappa shape index (κ2) is 6.69. The lowest BCUT2D eigenvalue weighted by atomic mass is 9.60. The molecule has 4 rings (SSSR count). The zero-order chi connectivity index (χ0) is 18.3. The van der Waals surface area contributed by atoms with Crippen molar-refractivity contribution in [3.63, 3.8) is 0 Å². The van der Waals surface area contributed by atoms with Gasteiger partial charge in [0.05, 0.1) is 18.2 Å². The Balaban J connectivity index is 1.55. The molecule has 0 unspecified atom stereocenters. The van der Waals surface area contributed by atoms with Gasteiger partial charge in [0.25, 0.3) is 0 Å². The Morgan fingerprint density at radius 3 is 2.38 bits per heavy atom. The van der Waals surface area contributed by atoms with Crippen molar-refractivity contribution in [2.45, 2.75) is 31.0 Å². The highest BCUT2D eigenvalue weighted by Crippen LogP contribution is 2.53. The lowest BCUT2D eigenvalue weighted by Crippen LogP contribution is -2.85. The molecule has 0 saturated carbocycles. The lowest BCUT2D eigenvalue weighted by Gasteiger charge is -2.70. The van der Waals surface area contributed by atoms with E-state index < -0.39 is 0 Å². The molecule has 2 aromatic carbocycles. The first kappa shape index (κ1) is 17.5. The summed E-state index contributed by atoms with van der Waals surface area (Å²) >= 11 is 5.96. The molecule has 136 valence electrons. The van der Waals surface area contributed by atoms with Crippen molar-refractivity contribution in [2.75, 3.05) is 19.7 Å². The molecule has 5 heteroatoms. The molecule has 0 aliphatic carbocycles. The number of carbonyl (C=O) groups is 1. The molecule has 2 heterocycles. The largest absolute Gasteiger partial charge is 0.394 e. The Kier molecular flexibility index (Phi) is 4.51. The summed E-state index contributed by atoms with van der Waals surface area (Å²) in [6.45, 7) is 4.10. The van der Waals surface area contributed by atoms with Gasteiger partial charge < -0.3 is 10.0 Å². The summed E-state index contributed by atoms with van der Waals surface area (Å²) in [5.41, 5.74) is 2.22. The Labute approximate surface area is 159 Å². The SMILES string of the molecule is CC(=O)N1[C@H](CO)[C@@H](c2ccccc2)C12CN(Cc1ccc(Cl)cc1)C2. The highest BCUT2D eigenvalue weighted by molar-refractivity contribution is 6.30. The van der Waals surface area contributed by atoms with Gasteiger partial charge in [0, 0.05) is 37.5 Å². The third-order valence-electron chi connectivity index (χ3n) is 5.77. The summed E-state index contributed by atoms with van der Waals surface area (Å²) in [7, 11) is 0. The number of halogens is 1. The van der Waals surface area contributed by atoms with Crippen LogP contribution in [-0.2, 0) is 11.3 Å². The van der Waals surface area contributed by atoms with Crippen LogP contribution in [0.3, 0.4) is 0 Å². The minimum absolute atomic E-state index is 0.00191. The summed E-state index contributed by atoms with van der Waals surface area (Å²) in [6, 6.07) is 18.0. The molecular formula is C21H23ClN2O2. The Morgan fingerprint density at radius 1 is 1.15 bits per heavy atom. The van der Waals surface area contributed by atoms with E-state index in [9.17, 15) is 9.90 Å². The molecule has 1 amide bonds. The van der Waals surface area contributed by atoms with E-state index in [0.29, 0.717) is 0 Å². The van der Waals surface area contributed by atoms with Gasteiger partial charge in [0.1, 0.15) is 0 Å². The zero-order valence-electron chi connectivity index (χ0n) is 14.8. The Hall–Kier alpha value is -1.88. The lowest BCUT2D eigenvalue weighted by molar-refractivity contribution is -0.199. The van der Waals surface area contributed by atoms with Crippen molar-refractivity contribution in [1.82, 2.24) is 9.80 Å². The molecule has 1 spiro atoms. The maximum atomic E-state index is 12.3. The number of carbonyl (C=O) groups excluding carboxylic acids is 1. The third kappa shape index (κ3) is 2.73. The normalized spacial score (nSPS) is 24.2. The van der Waals surface area contributed by atoms with Crippen molar-refractivity contribution in [3.05, 3.63) is 70.7 Å². The van der Waals surface area contributed by atoms with Gasteiger partial charge in [-0.25, -0.2) is 0 Å². The van der Waals surface area contributed by atoms with Gasteiger partial charge in [0.15, 0.2) is 0 Å². The molecule has 2 aliphatic heterocycles. The van der Waals surface area contributed by atoms with Crippen LogP contribution in [0, 0.1) is 0 Å². The number of amides is 1. The molecule has 2 aliphatic rings. The number of hydrogen-bond acceptors (Lipinski definition) is 3. The summed E-state index contributed by atoms with van der Waals surface area (Å²) < 4.78 is 0. The minimum atomic E-state index is -0.201. The van der Waals surface area contributed by atoms with Gasteiger partial charge >= 0.3 is 0 Å². The van der Waals surface area contributed by atoms with E-state index >= 15 is 0 Å². The fourth-order valence-corrected chi connectivity index (χ4v) is 5.00. The van der Waals surface area contributed by atoms with Gasteiger partial charge in [0.2, 0.25) is 5.91 Å². The van der Waals surface area contributed by atoms with Crippen LogP contribution in [0.15, 0.2) is 54.6 Å². The molecule has 26 heavy (non-hydrogen) atoms. The van der Waals surface area contributed by atoms with Gasteiger partial charge in [-0.3, -0.25) is 9.69 Å². The van der Waals surface area contributed by atoms with Crippen molar-refractivity contribution in [2.24, 2.45) is 0 Å². The van der Waals surface area contributed by atoms with Crippen LogP contribution in [0.4, 0.5) is 0 Å². The van der Waals surface area contributed by atoms with Crippen molar-refractivity contribution in [3.8, 4) is 0 Å². The number of hydrogen-bond donors (Lipinski definition) is 1. The van der Waals surface area contributed by atoms with Crippen molar-refractivity contribution >= 4 is 17.5 Å². The summed E-state index contributed by atoms with van der Waals surface area (Å²) in [5, 5.41) is 10.6. The average Bonchev–Trinajstić information content (AvgIpc) is 2.58. The van der Waals surface area contributed by atoms with Gasteiger partial charge in [-0.1, -0.05) is 54.1 Å². The smallest absolute Gasteiger partial charge is 0.220 e. The number of aliphatic hydroxyl groups excluding tert-OH is 1. The molecule has 0 radical (unpaired) electrons. The molecule has 2 aromatic rings. The number of likely N-dealkylation sites (tertiary alicyclic amines) is 2. The second-order valence-electron chi connectivity index (χ2n) is 7.40. The first-order valence-corrected chi connectivity index (χ1v) is 9.35. The standard InChI is InChI=1S/C21H23ClN2O2/c1-15(26)24-19(12-25)20(17-5-3-2-4-6-17)21(24)13-23(14-21)11-16-7-9-18(22)10-8-16/h2-10,19-20,25H,11-14H2,1H3/t19-,20-/m1/s1. The van der Waals surface area contributed by atoms with Crippen LogP contribution in [0.2, 0.25) is 5.02 Å². The first-order valence-electron chi connectivity index (χ1n) is 8.98. The van der Waals surface area contributed by atoms with Crippen LogP contribution >= 0.6 is 11.6 Å². The fraction of sp³-hybridized carbons (Fsp3) is 0.381. The molecule has 2 atom stereocenters. The number of aliphatic hydroxyl groups is 1. The molecule has 0 bridgehead atoms. The summed E-state index contributed by atoms with van der Waals surface area (Å²) in [4.78, 5) is 16.5. The Bertz CT molecular complexity index is 787. The summed E-state index contributed by atoms with van der Waals surface area (Å²) in [6.07, 6.45) is 0. The van der Waals surface area contributed by atoms with Gasteiger partial charge in [-0.05, 0) is 23.3 Å². The predicted octanol–water partition coefficient (Wildman–Crippen LogP) is 2.90. The Morgan fingerprint density at radius 2 is 1.81 bits per heavy atom.